The van der Waals surface area contributed by atoms with Gasteiger partial charge in [0.1, 0.15) is 0 Å². The van der Waals surface area contributed by atoms with Gasteiger partial charge < -0.3 is 4.90 Å². The maximum atomic E-state index is 13.3. The smallest absolute Gasteiger partial charge is 0.256 e. The third kappa shape index (κ3) is 2.87. The molecule has 0 saturated carbocycles. The van der Waals surface area contributed by atoms with Crippen molar-refractivity contribution in [2.24, 2.45) is 0 Å². The Balaban J connectivity index is 1.84. The van der Waals surface area contributed by atoms with Crippen LogP contribution in [0.2, 0.25) is 10.0 Å². The molecule has 0 spiro atoms. The highest BCUT2D eigenvalue weighted by Gasteiger charge is 2.54. The Hall–Kier alpha value is -2.79. The molecule has 2 aliphatic heterocycles. The minimum Gasteiger partial charge on any atom is -0.328 e. The molecule has 0 radical (unpaired) electrons. The van der Waals surface area contributed by atoms with Gasteiger partial charge in [-0.1, -0.05) is 35.3 Å². The van der Waals surface area contributed by atoms with Crippen LogP contribution in [0.1, 0.15) is 29.5 Å². The Labute approximate surface area is 173 Å². The molecule has 2 aromatic rings. The second kappa shape index (κ2) is 6.99. The Morgan fingerprint density at radius 3 is 2.32 bits per heavy atom. The number of carbonyl (C=O) groups is 1. The first-order chi connectivity index (χ1) is 13.5. The predicted octanol–water partition coefficient (Wildman–Crippen LogP) is 4.76. The fourth-order valence-electron chi connectivity index (χ4n) is 4.34. The molecule has 28 heavy (non-hydrogen) atoms. The van der Waals surface area contributed by atoms with Gasteiger partial charge in [-0.15, -0.1) is 0 Å². The predicted molar refractivity (Wildman–Crippen MR) is 108 cm³/mol. The quantitative estimate of drug-likeness (QED) is 0.736. The summed E-state index contributed by atoms with van der Waals surface area (Å²) in [5.74, 6) is -0.152. The molecule has 2 aliphatic rings. The topological polar surface area (TPSA) is 67.9 Å². The standard InChI is InChI=1S/C22H15Cl2N3O/c23-17-8-16(9-18(24)10-17)20-19(13-26)22(6-1-7-27(22)21(20)28)11-14-2-4-15(12-25)5-3-14/h2-5,8-10H,1,6-7,11H2/t22-/m1/s1. The summed E-state index contributed by atoms with van der Waals surface area (Å²) in [5, 5.41) is 19.9. The van der Waals surface area contributed by atoms with E-state index in [1.165, 1.54) is 0 Å². The highest BCUT2D eigenvalue weighted by Crippen LogP contribution is 2.48. The first kappa shape index (κ1) is 18.6. The van der Waals surface area contributed by atoms with E-state index in [9.17, 15) is 10.1 Å². The maximum Gasteiger partial charge on any atom is 0.256 e. The number of carbonyl (C=O) groups excluding carboxylic acids is 1. The lowest BCUT2D eigenvalue weighted by Gasteiger charge is -2.33. The summed E-state index contributed by atoms with van der Waals surface area (Å²) < 4.78 is 0. The van der Waals surface area contributed by atoms with E-state index in [4.69, 9.17) is 28.5 Å². The second-order valence-electron chi connectivity index (χ2n) is 7.10. The summed E-state index contributed by atoms with van der Waals surface area (Å²) in [4.78, 5) is 15.1. The molecule has 4 nitrogen and oxygen atoms in total. The molecule has 0 aliphatic carbocycles. The number of amides is 1. The molecular weight excluding hydrogens is 393 g/mol. The van der Waals surface area contributed by atoms with Crippen LogP contribution in [-0.4, -0.2) is 22.9 Å². The van der Waals surface area contributed by atoms with Crippen molar-refractivity contribution in [1.29, 1.82) is 10.5 Å². The third-order valence-corrected chi connectivity index (χ3v) is 5.94. The molecule has 2 aromatic carbocycles. The molecule has 1 atom stereocenters. The Kier molecular flexibility index (Phi) is 4.63. The number of hydrogen-bond acceptors (Lipinski definition) is 3. The van der Waals surface area contributed by atoms with E-state index in [0.29, 0.717) is 45.3 Å². The molecule has 138 valence electrons. The van der Waals surface area contributed by atoms with Gasteiger partial charge in [0, 0.05) is 23.0 Å². The summed E-state index contributed by atoms with van der Waals surface area (Å²) in [6, 6.07) is 16.7. The van der Waals surface area contributed by atoms with Gasteiger partial charge in [-0.25, -0.2) is 0 Å². The SMILES string of the molecule is N#CC1=C(c2cc(Cl)cc(Cl)c2)C(=O)N2CCC[C@@]12Cc1ccc(C#N)cc1. The van der Waals surface area contributed by atoms with Crippen molar-refractivity contribution in [3.8, 4) is 12.1 Å². The van der Waals surface area contributed by atoms with Crippen LogP contribution in [-0.2, 0) is 11.2 Å². The summed E-state index contributed by atoms with van der Waals surface area (Å²) in [5.41, 5.74) is 2.34. The van der Waals surface area contributed by atoms with Gasteiger partial charge in [0.25, 0.3) is 5.91 Å². The van der Waals surface area contributed by atoms with Crippen molar-refractivity contribution >= 4 is 34.7 Å². The van der Waals surface area contributed by atoms with Gasteiger partial charge in [0.05, 0.1) is 34.4 Å². The lowest BCUT2D eigenvalue weighted by molar-refractivity contribution is -0.126. The van der Waals surface area contributed by atoms with Gasteiger partial charge in [-0.05, 0) is 54.3 Å². The van der Waals surface area contributed by atoms with E-state index in [1.807, 2.05) is 17.0 Å². The third-order valence-electron chi connectivity index (χ3n) is 5.51. The molecule has 1 amide bonds. The molecule has 1 saturated heterocycles. The maximum absolute atomic E-state index is 13.3. The number of nitriles is 2. The van der Waals surface area contributed by atoms with Crippen LogP contribution in [0.3, 0.4) is 0 Å². The zero-order chi connectivity index (χ0) is 19.9. The largest absolute Gasteiger partial charge is 0.328 e. The number of nitrogens with zero attached hydrogens (tertiary/aromatic N) is 3. The monoisotopic (exact) mass is 407 g/mol. The molecule has 4 rings (SSSR count). The van der Waals surface area contributed by atoms with E-state index < -0.39 is 5.54 Å². The molecule has 2 heterocycles. The average molecular weight is 408 g/mol. The van der Waals surface area contributed by atoms with Crippen LogP contribution in [0.5, 0.6) is 0 Å². The number of benzene rings is 2. The molecule has 1 fully saturated rings. The number of hydrogen-bond donors (Lipinski definition) is 0. The summed E-state index contributed by atoms with van der Waals surface area (Å²) >= 11 is 12.3. The van der Waals surface area contributed by atoms with E-state index in [1.54, 1.807) is 30.3 Å². The van der Waals surface area contributed by atoms with Crippen LogP contribution in [0, 0.1) is 22.7 Å². The fraction of sp³-hybridized carbons (Fsp3) is 0.227. The van der Waals surface area contributed by atoms with Gasteiger partial charge in [-0.2, -0.15) is 10.5 Å². The molecular formula is C22H15Cl2N3O. The summed E-state index contributed by atoms with van der Waals surface area (Å²) in [6.45, 7) is 0.609. The van der Waals surface area contributed by atoms with Gasteiger partial charge in [-0.3, -0.25) is 4.79 Å². The Bertz CT molecular complexity index is 1070. The second-order valence-corrected chi connectivity index (χ2v) is 7.97. The van der Waals surface area contributed by atoms with E-state index in [2.05, 4.69) is 12.1 Å². The van der Waals surface area contributed by atoms with Crippen molar-refractivity contribution in [1.82, 2.24) is 4.90 Å². The van der Waals surface area contributed by atoms with E-state index in [-0.39, 0.29) is 5.91 Å². The highest BCUT2D eigenvalue weighted by atomic mass is 35.5. The fourth-order valence-corrected chi connectivity index (χ4v) is 4.87. The Morgan fingerprint density at radius 1 is 1.04 bits per heavy atom. The Morgan fingerprint density at radius 2 is 1.71 bits per heavy atom. The highest BCUT2D eigenvalue weighted by molar-refractivity contribution is 6.35. The van der Waals surface area contributed by atoms with Crippen LogP contribution in [0.4, 0.5) is 0 Å². The van der Waals surface area contributed by atoms with Gasteiger partial charge >= 0.3 is 0 Å². The molecule has 0 unspecified atom stereocenters. The van der Waals surface area contributed by atoms with Crippen molar-refractivity contribution in [3.05, 3.63) is 74.8 Å². The average Bonchev–Trinajstić information content (AvgIpc) is 3.18. The number of halogens is 2. The zero-order valence-electron chi connectivity index (χ0n) is 14.9. The zero-order valence-corrected chi connectivity index (χ0v) is 16.4. The molecule has 6 heteroatoms. The van der Waals surface area contributed by atoms with Crippen LogP contribution < -0.4 is 0 Å². The van der Waals surface area contributed by atoms with Crippen LogP contribution >= 0.6 is 23.2 Å². The lowest BCUT2D eigenvalue weighted by Crippen LogP contribution is -2.44. The summed E-state index contributed by atoms with van der Waals surface area (Å²) in [7, 11) is 0. The van der Waals surface area contributed by atoms with Gasteiger partial charge in [0.15, 0.2) is 0 Å². The van der Waals surface area contributed by atoms with Crippen molar-refractivity contribution in [2.75, 3.05) is 6.54 Å². The van der Waals surface area contributed by atoms with Crippen molar-refractivity contribution in [2.45, 2.75) is 24.8 Å². The number of fused-ring (bicyclic) bond motifs is 1. The lowest BCUT2D eigenvalue weighted by atomic mass is 9.81. The van der Waals surface area contributed by atoms with E-state index in [0.717, 1.165) is 18.4 Å². The number of rotatable bonds is 3. The first-order valence-corrected chi connectivity index (χ1v) is 9.66. The summed E-state index contributed by atoms with van der Waals surface area (Å²) in [6.07, 6.45) is 2.10. The molecule has 0 N–H and O–H groups in total. The first-order valence-electron chi connectivity index (χ1n) is 8.91. The minimum atomic E-state index is -0.663. The van der Waals surface area contributed by atoms with Crippen molar-refractivity contribution < 1.29 is 4.79 Å². The van der Waals surface area contributed by atoms with E-state index >= 15 is 0 Å². The minimum absolute atomic E-state index is 0.152. The van der Waals surface area contributed by atoms with Crippen molar-refractivity contribution in [3.63, 3.8) is 0 Å². The van der Waals surface area contributed by atoms with Gasteiger partial charge in [0.2, 0.25) is 0 Å². The van der Waals surface area contributed by atoms with Crippen LogP contribution in [0.25, 0.3) is 5.57 Å². The molecule has 0 bridgehead atoms. The molecule has 0 aromatic heterocycles. The van der Waals surface area contributed by atoms with Crippen LogP contribution in [0.15, 0.2) is 48.0 Å². The normalized spacial score (nSPS) is 20.9.